The average Bonchev–Trinajstić information content (AvgIpc) is 3.08. The second-order valence-corrected chi connectivity index (χ2v) is 7.78. The summed E-state index contributed by atoms with van der Waals surface area (Å²) in [6, 6.07) is 23.2. The van der Waals surface area contributed by atoms with Crippen molar-refractivity contribution in [2.75, 3.05) is 7.11 Å². The molecule has 5 nitrogen and oxygen atoms in total. The van der Waals surface area contributed by atoms with Gasteiger partial charge in [-0.3, -0.25) is 9.36 Å². The maximum Gasteiger partial charge on any atom is 0.262 e. The van der Waals surface area contributed by atoms with E-state index in [0.717, 1.165) is 29.3 Å². The Morgan fingerprint density at radius 1 is 0.969 bits per heavy atom. The molecule has 0 unspecified atom stereocenters. The number of nitrogens with zero attached hydrogens (tertiary/aromatic N) is 1. The van der Waals surface area contributed by atoms with Gasteiger partial charge >= 0.3 is 0 Å². The number of carboxylic acids is 1. The predicted octanol–water partition coefficient (Wildman–Crippen LogP) is 4.65. The Balaban J connectivity index is 0.000000214. The third-order valence-electron chi connectivity index (χ3n) is 4.89. The van der Waals surface area contributed by atoms with Crippen LogP contribution < -0.4 is 9.84 Å². The number of carboxylic acid groups (broad SMARTS) is 1. The number of aromatic nitrogens is 1. The molecule has 0 saturated carbocycles. The molecule has 2 aliphatic carbocycles. The highest BCUT2D eigenvalue weighted by atomic mass is 35.5. The van der Waals surface area contributed by atoms with Crippen LogP contribution in [0.2, 0.25) is 5.02 Å². The van der Waals surface area contributed by atoms with Gasteiger partial charge in [0.1, 0.15) is 5.75 Å². The molecule has 0 amide bonds. The molecule has 1 heterocycles. The quantitative estimate of drug-likeness (QED) is 0.394. The van der Waals surface area contributed by atoms with Crippen molar-refractivity contribution in [3.05, 3.63) is 100 Å². The van der Waals surface area contributed by atoms with Gasteiger partial charge in [-0.1, -0.05) is 35.9 Å². The summed E-state index contributed by atoms with van der Waals surface area (Å²) in [5.41, 5.74) is 5.33. The van der Waals surface area contributed by atoms with E-state index in [9.17, 15) is 4.79 Å². The first-order valence-corrected chi connectivity index (χ1v) is 10.4. The number of carbonyl (C=O) groups excluding carboxylic acids is 2. The summed E-state index contributed by atoms with van der Waals surface area (Å²) >= 11 is 5.87. The van der Waals surface area contributed by atoms with Crippen LogP contribution >= 0.6 is 11.6 Å². The van der Waals surface area contributed by atoms with Crippen molar-refractivity contribution in [2.24, 2.45) is 0 Å². The number of aliphatic carboxylic acids is 1. The molecular formula is C26H23ClNO4-. The van der Waals surface area contributed by atoms with Crippen molar-refractivity contribution >= 4 is 34.4 Å². The van der Waals surface area contributed by atoms with Crippen molar-refractivity contribution in [3.63, 3.8) is 0 Å². The smallest absolute Gasteiger partial charge is 0.262 e. The summed E-state index contributed by atoms with van der Waals surface area (Å²) < 4.78 is 6.93. The monoisotopic (exact) mass is 448 g/mol. The largest absolute Gasteiger partial charge is 0.550 e. The highest BCUT2D eigenvalue weighted by molar-refractivity contribution is 6.30. The van der Waals surface area contributed by atoms with Gasteiger partial charge in [0, 0.05) is 27.6 Å². The molecule has 0 radical (unpaired) electrons. The molecule has 0 N–H and O–H groups in total. The molecule has 0 saturated heterocycles. The number of hydrogen-bond acceptors (Lipinski definition) is 4. The van der Waals surface area contributed by atoms with E-state index in [-0.39, 0.29) is 5.91 Å². The molecule has 2 aliphatic rings. The van der Waals surface area contributed by atoms with Gasteiger partial charge in [0.15, 0.2) is 0 Å². The standard InChI is InChI=1S/C17H14ClNO2.C7H6.C2H4O2/c1-11-9-13-10-15(21-2)7-8-16(13)19(11)17(20)12-3-5-14(18)6-4-12;1-2-6-4-7(3-1)5-6;1-2(3)4/h3-10H,1-2H3;1-4H,5H2;1H3,(H,3,4)/p-1. The van der Waals surface area contributed by atoms with Crippen LogP contribution in [-0.2, 0) is 11.2 Å². The van der Waals surface area contributed by atoms with Crippen LogP contribution in [0, 0.1) is 6.92 Å². The third-order valence-corrected chi connectivity index (χ3v) is 5.14. The summed E-state index contributed by atoms with van der Waals surface area (Å²) in [6.07, 6.45) is 1.22. The lowest BCUT2D eigenvalue weighted by atomic mass is 9.94. The number of methoxy groups -OCH3 is 1. The van der Waals surface area contributed by atoms with Crippen LogP contribution in [-0.4, -0.2) is 23.6 Å². The number of halogens is 1. The minimum atomic E-state index is -1.08. The molecule has 0 spiro atoms. The number of hydrogen-bond donors (Lipinski definition) is 0. The van der Waals surface area contributed by atoms with Crippen molar-refractivity contribution in [3.8, 4) is 5.75 Å². The number of ether oxygens (including phenoxy) is 1. The lowest BCUT2D eigenvalue weighted by Crippen LogP contribution is -2.16. The van der Waals surface area contributed by atoms with E-state index in [1.54, 1.807) is 35.9 Å². The number of benzene rings is 3. The van der Waals surface area contributed by atoms with Gasteiger partial charge in [-0.05, 0) is 79.9 Å². The number of rotatable bonds is 2. The molecule has 6 heteroatoms. The number of fused-ring (bicyclic) bond motifs is 3. The van der Waals surface area contributed by atoms with Gasteiger partial charge in [0.2, 0.25) is 0 Å². The molecule has 3 aromatic carbocycles. The van der Waals surface area contributed by atoms with Gasteiger partial charge in [0.25, 0.3) is 5.91 Å². The van der Waals surface area contributed by atoms with Gasteiger partial charge in [-0.25, -0.2) is 0 Å². The third kappa shape index (κ3) is 5.56. The van der Waals surface area contributed by atoms with Crippen LogP contribution in [0.25, 0.3) is 10.9 Å². The van der Waals surface area contributed by atoms with E-state index in [1.807, 2.05) is 31.2 Å². The maximum absolute atomic E-state index is 12.7. The minimum Gasteiger partial charge on any atom is -0.550 e. The topological polar surface area (TPSA) is 71.4 Å². The SMILES string of the molecule is CC(=O)[O-].COc1ccc2c(c1)cc(C)n2C(=O)c1ccc(Cl)cc1.c1cc2cc(c1)C2. The lowest BCUT2D eigenvalue weighted by molar-refractivity contribution is -0.302. The van der Waals surface area contributed by atoms with Gasteiger partial charge in [0.05, 0.1) is 12.6 Å². The summed E-state index contributed by atoms with van der Waals surface area (Å²) in [5, 5.41) is 10.5. The molecule has 1 aromatic heterocycles. The van der Waals surface area contributed by atoms with Crippen LogP contribution in [0.15, 0.2) is 72.8 Å². The second-order valence-electron chi connectivity index (χ2n) is 7.35. The fourth-order valence-electron chi connectivity index (χ4n) is 3.40. The Morgan fingerprint density at radius 3 is 2.03 bits per heavy atom. The van der Waals surface area contributed by atoms with E-state index in [0.29, 0.717) is 10.6 Å². The van der Waals surface area contributed by atoms with E-state index in [2.05, 4.69) is 24.3 Å². The van der Waals surface area contributed by atoms with Crippen LogP contribution in [0.4, 0.5) is 0 Å². The minimum absolute atomic E-state index is 0.0654. The van der Waals surface area contributed by atoms with E-state index in [1.165, 1.54) is 17.5 Å². The lowest BCUT2D eigenvalue weighted by Gasteiger charge is -2.11. The normalized spacial score (nSPS) is 10.8. The summed E-state index contributed by atoms with van der Waals surface area (Å²) in [7, 11) is 1.63. The van der Waals surface area contributed by atoms with Gasteiger partial charge in [-0.2, -0.15) is 0 Å². The Morgan fingerprint density at radius 2 is 1.56 bits per heavy atom. The van der Waals surface area contributed by atoms with E-state index < -0.39 is 5.97 Å². The van der Waals surface area contributed by atoms with Crippen molar-refractivity contribution in [1.29, 1.82) is 0 Å². The van der Waals surface area contributed by atoms with E-state index in [4.69, 9.17) is 26.2 Å². The zero-order valence-corrected chi connectivity index (χ0v) is 18.8. The summed E-state index contributed by atoms with van der Waals surface area (Å²) in [5.74, 6) is -0.372. The zero-order chi connectivity index (χ0) is 23.3. The molecule has 2 bridgehead atoms. The molecule has 164 valence electrons. The highest BCUT2D eigenvalue weighted by Gasteiger charge is 2.15. The molecule has 0 fully saturated rings. The Labute approximate surface area is 191 Å². The van der Waals surface area contributed by atoms with Crippen LogP contribution in [0.5, 0.6) is 5.75 Å². The molecule has 0 atom stereocenters. The first-order chi connectivity index (χ1) is 15.3. The number of aryl methyl sites for hydroxylation is 1. The fourth-order valence-corrected chi connectivity index (χ4v) is 3.53. The molecule has 6 rings (SSSR count). The average molecular weight is 449 g/mol. The Hall–Kier alpha value is -3.57. The summed E-state index contributed by atoms with van der Waals surface area (Å²) in [6.45, 7) is 2.89. The summed E-state index contributed by atoms with van der Waals surface area (Å²) in [4.78, 5) is 21.6. The van der Waals surface area contributed by atoms with E-state index >= 15 is 0 Å². The fraction of sp³-hybridized carbons (Fsp3) is 0.154. The first kappa shape index (κ1) is 23.1. The Kier molecular flexibility index (Phi) is 7.33. The highest BCUT2D eigenvalue weighted by Crippen LogP contribution is 2.25. The molecular weight excluding hydrogens is 426 g/mol. The van der Waals surface area contributed by atoms with Crippen LogP contribution in [0.3, 0.4) is 0 Å². The van der Waals surface area contributed by atoms with Crippen molar-refractivity contribution < 1.29 is 19.4 Å². The molecule has 4 aromatic rings. The zero-order valence-electron chi connectivity index (χ0n) is 18.1. The van der Waals surface area contributed by atoms with Crippen molar-refractivity contribution in [1.82, 2.24) is 4.57 Å². The molecule has 32 heavy (non-hydrogen) atoms. The first-order valence-electron chi connectivity index (χ1n) is 10.00. The van der Waals surface area contributed by atoms with Gasteiger partial charge < -0.3 is 14.6 Å². The van der Waals surface area contributed by atoms with Crippen molar-refractivity contribution in [2.45, 2.75) is 20.3 Å². The van der Waals surface area contributed by atoms with Gasteiger partial charge in [-0.15, -0.1) is 0 Å². The second kappa shape index (κ2) is 10.2. The Bertz CT molecular complexity index is 1230. The maximum atomic E-state index is 12.7. The van der Waals surface area contributed by atoms with Crippen LogP contribution in [0.1, 0.15) is 34.1 Å². The molecule has 0 aliphatic heterocycles. The number of carbonyl (C=O) groups is 2. The predicted molar refractivity (Wildman–Crippen MR) is 124 cm³/mol.